The van der Waals surface area contributed by atoms with Crippen LogP contribution in [0.25, 0.3) is 6.08 Å². The van der Waals surface area contributed by atoms with Gasteiger partial charge >= 0.3 is 0 Å². The van der Waals surface area contributed by atoms with Crippen molar-refractivity contribution in [2.24, 2.45) is 5.41 Å². The van der Waals surface area contributed by atoms with Crippen LogP contribution in [0.15, 0.2) is 28.4 Å². The Morgan fingerprint density at radius 3 is 2.95 bits per heavy atom. The standard InChI is InChI=1S/C16H24N2O.2ClH/c1-14(10-15-4-2-9-19-15)11-18-8-3-5-16(13-18)6-7-17-12-16;;/h2,4,9-10,17H,3,5-8,11-13H2,1H3;2*1H/b14-10+;;. The molecule has 2 saturated heterocycles. The van der Waals surface area contributed by atoms with Gasteiger partial charge in [-0.2, -0.15) is 0 Å². The molecule has 0 aromatic carbocycles. The second-order valence-electron chi connectivity index (χ2n) is 6.25. The van der Waals surface area contributed by atoms with Crippen molar-refractivity contribution in [3.63, 3.8) is 0 Å². The average molecular weight is 333 g/mol. The highest BCUT2D eigenvalue weighted by atomic mass is 35.5. The Morgan fingerprint density at radius 1 is 1.43 bits per heavy atom. The van der Waals surface area contributed by atoms with Gasteiger partial charge in [-0.05, 0) is 62.9 Å². The van der Waals surface area contributed by atoms with Gasteiger partial charge in [0.05, 0.1) is 6.26 Å². The molecule has 0 amide bonds. The summed E-state index contributed by atoms with van der Waals surface area (Å²) in [7, 11) is 0. The maximum atomic E-state index is 5.38. The molecule has 2 aliphatic rings. The van der Waals surface area contributed by atoms with Gasteiger partial charge in [0.25, 0.3) is 0 Å². The second kappa shape index (κ2) is 8.23. The molecule has 2 aliphatic heterocycles. The van der Waals surface area contributed by atoms with Crippen LogP contribution in [0.3, 0.4) is 0 Å². The predicted octanol–water partition coefficient (Wildman–Crippen LogP) is 3.60. The quantitative estimate of drug-likeness (QED) is 0.916. The summed E-state index contributed by atoms with van der Waals surface area (Å²) >= 11 is 0. The lowest BCUT2D eigenvalue weighted by Gasteiger charge is -2.40. The molecule has 21 heavy (non-hydrogen) atoms. The van der Waals surface area contributed by atoms with Crippen molar-refractivity contribution in [3.05, 3.63) is 29.7 Å². The molecule has 0 bridgehead atoms. The topological polar surface area (TPSA) is 28.4 Å². The van der Waals surface area contributed by atoms with E-state index in [1.807, 2.05) is 12.1 Å². The Morgan fingerprint density at radius 2 is 2.29 bits per heavy atom. The van der Waals surface area contributed by atoms with E-state index in [-0.39, 0.29) is 24.8 Å². The number of nitrogens with zero attached hydrogens (tertiary/aromatic N) is 1. The fourth-order valence-electron chi connectivity index (χ4n) is 3.60. The molecule has 0 aliphatic carbocycles. The van der Waals surface area contributed by atoms with Crippen LogP contribution in [-0.4, -0.2) is 37.6 Å². The molecule has 0 radical (unpaired) electrons. The van der Waals surface area contributed by atoms with Gasteiger partial charge in [0.1, 0.15) is 5.76 Å². The van der Waals surface area contributed by atoms with Crippen molar-refractivity contribution >= 4 is 30.9 Å². The molecular weight excluding hydrogens is 307 g/mol. The zero-order chi connectivity index (χ0) is 13.1. The van der Waals surface area contributed by atoms with Crippen LogP contribution < -0.4 is 5.32 Å². The van der Waals surface area contributed by atoms with Crippen LogP contribution in [0, 0.1) is 5.41 Å². The van der Waals surface area contributed by atoms with Gasteiger partial charge < -0.3 is 9.73 Å². The maximum absolute atomic E-state index is 5.38. The molecule has 0 saturated carbocycles. The van der Waals surface area contributed by atoms with Gasteiger partial charge in [-0.15, -0.1) is 24.8 Å². The van der Waals surface area contributed by atoms with Crippen molar-refractivity contribution < 1.29 is 4.42 Å². The molecule has 5 heteroatoms. The molecule has 3 heterocycles. The first kappa shape index (κ1) is 18.6. The number of hydrogen-bond donors (Lipinski definition) is 1. The van der Waals surface area contributed by atoms with Crippen molar-refractivity contribution in [3.8, 4) is 0 Å². The van der Waals surface area contributed by atoms with Gasteiger partial charge in [-0.1, -0.05) is 5.57 Å². The van der Waals surface area contributed by atoms with E-state index in [9.17, 15) is 0 Å². The Balaban J connectivity index is 0.00000110. The Labute approximate surface area is 140 Å². The molecule has 2 fully saturated rings. The second-order valence-corrected chi connectivity index (χ2v) is 6.25. The number of nitrogens with one attached hydrogen (secondary N) is 1. The fraction of sp³-hybridized carbons (Fsp3) is 0.625. The number of furan rings is 1. The minimum Gasteiger partial charge on any atom is -0.465 e. The van der Waals surface area contributed by atoms with Gasteiger partial charge in [0, 0.05) is 19.6 Å². The van der Waals surface area contributed by atoms with E-state index in [2.05, 4.69) is 23.2 Å². The summed E-state index contributed by atoms with van der Waals surface area (Å²) < 4.78 is 5.38. The molecule has 3 nitrogen and oxygen atoms in total. The van der Waals surface area contributed by atoms with Crippen LogP contribution in [0.2, 0.25) is 0 Å². The summed E-state index contributed by atoms with van der Waals surface area (Å²) in [5, 5.41) is 3.54. The lowest BCUT2D eigenvalue weighted by Crippen LogP contribution is -2.44. The Bertz CT molecular complexity index is 439. The third-order valence-electron chi connectivity index (χ3n) is 4.48. The van der Waals surface area contributed by atoms with E-state index in [0.29, 0.717) is 5.41 Å². The minimum atomic E-state index is 0. The van der Waals surface area contributed by atoms with E-state index in [1.165, 1.54) is 51.0 Å². The van der Waals surface area contributed by atoms with Crippen LogP contribution in [0.4, 0.5) is 0 Å². The van der Waals surface area contributed by atoms with Crippen LogP contribution in [0.5, 0.6) is 0 Å². The summed E-state index contributed by atoms with van der Waals surface area (Å²) in [6.45, 7) is 8.19. The molecule has 1 aromatic heterocycles. The number of halogens is 2. The van der Waals surface area contributed by atoms with E-state index in [1.54, 1.807) is 6.26 Å². The van der Waals surface area contributed by atoms with Gasteiger partial charge in [0.2, 0.25) is 0 Å². The van der Waals surface area contributed by atoms with Crippen molar-refractivity contribution in [2.75, 3.05) is 32.7 Å². The van der Waals surface area contributed by atoms with Crippen molar-refractivity contribution in [1.29, 1.82) is 0 Å². The summed E-state index contributed by atoms with van der Waals surface area (Å²) in [4.78, 5) is 2.62. The zero-order valence-electron chi connectivity index (χ0n) is 12.6. The highest BCUT2D eigenvalue weighted by molar-refractivity contribution is 5.85. The zero-order valence-corrected chi connectivity index (χ0v) is 14.3. The molecule has 120 valence electrons. The largest absolute Gasteiger partial charge is 0.465 e. The molecule has 1 N–H and O–H groups in total. The summed E-state index contributed by atoms with van der Waals surface area (Å²) in [5.74, 6) is 0.965. The highest BCUT2D eigenvalue weighted by Gasteiger charge is 2.37. The molecular formula is C16H26Cl2N2O. The normalized spacial score (nSPS) is 26.4. The summed E-state index contributed by atoms with van der Waals surface area (Å²) in [6, 6.07) is 3.96. The third kappa shape index (κ3) is 4.75. The van der Waals surface area contributed by atoms with E-state index >= 15 is 0 Å². The van der Waals surface area contributed by atoms with Crippen LogP contribution in [-0.2, 0) is 0 Å². The number of hydrogen-bond acceptors (Lipinski definition) is 3. The molecule has 1 unspecified atom stereocenters. The van der Waals surface area contributed by atoms with E-state index < -0.39 is 0 Å². The average Bonchev–Trinajstić information content (AvgIpc) is 3.02. The monoisotopic (exact) mass is 332 g/mol. The number of likely N-dealkylation sites (tertiary alicyclic amines) is 1. The summed E-state index contributed by atoms with van der Waals surface area (Å²) in [5.41, 5.74) is 1.95. The smallest absolute Gasteiger partial charge is 0.126 e. The highest BCUT2D eigenvalue weighted by Crippen LogP contribution is 2.35. The van der Waals surface area contributed by atoms with E-state index in [4.69, 9.17) is 4.42 Å². The fourth-order valence-corrected chi connectivity index (χ4v) is 3.60. The molecule has 1 spiro atoms. The van der Waals surface area contributed by atoms with Crippen molar-refractivity contribution in [2.45, 2.75) is 26.2 Å². The number of piperidine rings is 1. The molecule has 3 rings (SSSR count). The van der Waals surface area contributed by atoms with Crippen molar-refractivity contribution in [1.82, 2.24) is 10.2 Å². The first-order valence-corrected chi connectivity index (χ1v) is 7.40. The van der Waals surface area contributed by atoms with Gasteiger partial charge in [0.15, 0.2) is 0 Å². The number of rotatable bonds is 3. The predicted molar refractivity (Wildman–Crippen MR) is 92.4 cm³/mol. The Hall–Kier alpha value is -0.480. The third-order valence-corrected chi connectivity index (χ3v) is 4.48. The van der Waals surface area contributed by atoms with Gasteiger partial charge in [-0.3, -0.25) is 4.90 Å². The molecule has 1 atom stereocenters. The maximum Gasteiger partial charge on any atom is 0.126 e. The summed E-state index contributed by atoms with van der Waals surface area (Å²) in [6.07, 6.45) is 7.99. The lowest BCUT2D eigenvalue weighted by molar-refractivity contribution is 0.112. The minimum absolute atomic E-state index is 0. The molecule has 1 aromatic rings. The Kier molecular flexibility index (Phi) is 7.28. The first-order valence-electron chi connectivity index (χ1n) is 7.40. The lowest BCUT2D eigenvalue weighted by atomic mass is 9.79. The van der Waals surface area contributed by atoms with Crippen LogP contribution >= 0.6 is 24.8 Å². The van der Waals surface area contributed by atoms with Crippen LogP contribution in [0.1, 0.15) is 31.9 Å². The SMILES string of the molecule is C/C(=C\c1ccco1)CN1CCCC2(CCNC2)C1.Cl.Cl. The van der Waals surface area contributed by atoms with Gasteiger partial charge in [-0.25, -0.2) is 0 Å². The van der Waals surface area contributed by atoms with E-state index in [0.717, 1.165) is 12.3 Å². The first-order chi connectivity index (χ1) is 9.26.